The fourth-order valence-corrected chi connectivity index (χ4v) is 10.4. The molecule has 0 N–H and O–H groups in total. The lowest BCUT2D eigenvalue weighted by Crippen LogP contribution is -2.55. The first-order valence-corrected chi connectivity index (χ1v) is 19.1. The molecule has 1 saturated heterocycles. The molecule has 8 atom stereocenters. The first kappa shape index (κ1) is 31.2. The normalized spacial score (nSPS) is 39.9. The van der Waals surface area contributed by atoms with E-state index in [1.54, 1.807) is 19.4 Å². The molecule has 0 aromatic rings. The van der Waals surface area contributed by atoms with Gasteiger partial charge in [0.2, 0.25) is 0 Å². The molecule has 232 valence electrons. The molecule has 1 aliphatic heterocycles. The summed E-state index contributed by atoms with van der Waals surface area (Å²) in [6, 6.07) is 0. The molecule has 5 rings (SSSR count). The maximum atomic E-state index is 12.9. The molecule has 1 unspecified atom stereocenters. The quantitative estimate of drug-likeness (QED) is 0.188. The lowest BCUT2D eigenvalue weighted by Gasteiger charge is -2.59. The maximum absolute atomic E-state index is 12.9. The van der Waals surface area contributed by atoms with Gasteiger partial charge in [-0.05, 0) is 100 Å². The molecule has 41 heavy (non-hydrogen) atoms. The van der Waals surface area contributed by atoms with E-state index in [1.165, 1.54) is 6.42 Å². The molecule has 5 aliphatic rings. The van der Waals surface area contributed by atoms with Crippen molar-refractivity contribution in [2.75, 3.05) is 13.2 Å². The molecular formula is C33H54O7Si. The van der Waals surface area contributed by atoms with Gasteiger partial charge in [-0.3, -0.25) is 0 Å². The van der Waals surface area contributed by atoms with E-state index in [4.69, 9.17) is 23.4 Å². The van der Waals surface area contributed by atoms with E-state index in [0.717, 1.165) is 38.5 Å². The van der Waals surface area contributed by atoms with Crippen molar-refractivity contribution in [3.63, 3.8) is 0 Å². The minimum atomic E-state index is -1.81. The Bertz CT molecular complexity index is 1040. The van der Waals surface area contributed by atoms with Gasteiger partial charge in [-0.1, -0.05) is 46.3 Å². The van der Waals surface area contributed by atoms with Crippen molar-refractivity contribution in [2.24, 2.45) is 28.6 Å². The molecular weight excluding hydrogens is 536 g/mol. The first-order chi connectivity index (χ1) is 19.1. The van der Waals surface area contributed by atoms with Crippen molar-refractivity contribution in [3.05, 3.63) is 11.6 Å². The van der Waals surface area contributed by atoms with Gasteiger partial charge in [-0.2, -0.15) is 0 Å². The summed E-state index contributed by atoms with van der Waals surface area (Å²) in [5.41, 5.74) is 1.53. The summed E-state index contributed by atoms with van der Waals surface area (Å²) in [5.74, 6) is -0.504. The Morgan fingerprint density at radius 2 is 1.51 bits per heavy atom. The lowest BCUT2D eigenvalue weighted by molar-refractivity contribution is -0.256. The van der Waals surface area contributed by atoms with E-state index in [-0.39, 0.29) is 29.1 Å². The zero-order valence-electron chi connectivity index (χ0n) is 27.0. The van der Waals surface area contributed by atoms with Gasteiger partial charge in [0.05, 0.1) is 13.2 Å². The summed E-state index contributed by atoms with van der Waals surface area (Å²) in [5, 5.41) is 0.217. The third kappa shape index (κ3) is 4.97. The number of hydrogen-bond acceptors (Lipinski definition) is 7. The predicted molar refractivity (Wildman–Crippen MR) is 160 cm³/mol. The fourth-order valence-electron chi connectivity index (χ4n) is 9.02. The van der Waals surface area contributed by atoms with E-state index in [9.17, 15) is 9.59 Å². The highest BCUT2D eigenvalue weighted by molar-refractivity contribution is 6.74. The predicted octanol–water partition coefficient (Wildman–Crippen LogP) is 6.95. The van der Waals surface area contributed by atoms with E-state index in [1.807, 2.05) is 0 Å². The van der Waals surface area contributed by atoms with Crippen LogP contribution in [0.2, 0.25) is 18.1 Å². The summed E-state index contributed by atoms with van der Waals surface area (Å²) in [6.45, 7) is 20.5. The third-order valence-electron chi connectivity index (χ3n) is 12.3. The van der Waals surface area contributed by atoms with Gasteiger partial charge in [0.1, 0.15) is 0 Å². The van der Waals surface area contributed by atoms with Crippen LogP contribution in [0.4, 0.5) is 0 Å². The second-order valence-electron chi connectivity index (χ2n) is 15.3. The van der Waals surface area contributed by atoms with Crippen molar-refractivity contribution in [1.29, 1.82) is 0 Å². The number of allylic oxidation sites excluding steroid dienone is 1. The molecule has 1 spiro atoms. The Morgan fingerprint density at radius 3 is 2.07 bits per heavy atom. The molecule has 7 nitrogen and oxygen atoms in total. The number of ether oxygens (including phenoxy) is 4. The third-order valence-corrected chi connectivity index (χ3v) is 16.9. The molecule has 0 aromatic carbocycles. The average molecular weight is 591 g/mol. The van der Waals surface area contributed by atoms with Crippen molar-refractivity contribution >= 4 is 20.3 Å². The Balaban J connectivity index is 1.36. The molecule has 8 heteroatoms. The van der Waals surface area contributed by atoms with Crippen LogP contribution in [-0.2, 0) is 33.0 Å². The summed E-state index contributed by atoms with van der Waals surface area (Å²) >= 11 is 0. The second kappa shape index (κ2) is 10.7. The monoisotopic (exact) mass is 590 g/mol. The van der Waals surface area contributed by atoms with Crippen LogP contribution in [0.25, 0.3) is 0 Å². The second-order valence-corrected chi connectivity index (χ2v) is 20.1. The summed E-state index contributed by atoms with van der Waals surface area (Å²) in [7, 11) is -1.81. The maximum Gasteiger partial charge on any atom is 0.338 e. The van der Waals surface area contributed by atoms with Gasteiger partial charge in [0, 0.05) is 17.9 Å². The van der Waals surface area contributed by atoms with E-state index < -0.39 is 38.3 Å². The number of carbonyl (C=O) groups excluding carboxylic acids is 2. The lowest BCUT2D eigenvalue weighted by atomic mass is 9.47. The van der Waals surface area contributed by atoms with Crippen LogP contribution >= 0.6 is 0 Å². The van der Waals surface area contributed by atoms with Gasteiger partial charge in [-0.15, -0.1) is 0 Å². The Hall–Kier alpha value is -1.22. The van der Waals surface area contributed by atoms with Crippen LogP contribution in [0.15, 0.2) is 11.6 Å². The smallest absolute Gasteiger partial charge is 0.338 e. The zero-order chi connectivity index (χ0) is 30.0. The number of esters is 2. The minimum absolute atomic E-state index is 0.200. The average Bonchev–Trinajstić information content (AvgIpc) is 3.42. The Morgan fingerprint density at radius 1 is 0.927 bits per heavy atom. The van der Waals surface area contributed by atoms with Gasteiger partial charge >= 0.3 is 11.9 Å². The van der Waals surface area contributed by atoms with Crippen LogP contribution < -0.4 is 0 Å². The van der Waals surface area contributed by atoms with Crippen LogP contribution in [-0.4, -0.2) is 57.6 Å². The van der Waals surface area contributed by atoms with Crippen LogP contribution in [0, 0.1) is 28.6 Å². The number of fused-ring (bicyclic) bond motifs is 6. The number of hydrogen-bond donors (Lipinski definition) is 0. The molecule has 1 heterocycles. The highest BCUT2D eigenvalue weighted by Gasteiger charge is 2.70. The number of carbonyl (C=O) groups is 2. The van der Waals surface area contributed by atoms with Crippen LogP contribution in [0.1, 0.15) is 99.8 Å². The van der Waals surface area contributed by atoms with Crippen molar-refractivity contribution in [3.8, 4) is 0 Å². The van der Waals surface area contributed by atoms with E-state index in [2.05, 4.69) is 53.8 Å². The Kier molecular flexibility index (Phi) is 8.18. The first-order valence-electron chi connectivity index (χ1n) is 16.2. The molecule has 4 aliphatic carbocycles. The largest absolute Gasteiger partial charge is 0.464 e. The molecule has 0 aromatic heterocycles. The topological polar surface area (TPSA) is 80.3 Å². The summed E-state index contributed by atoms with van der Waals surface area (Å²) in [6.07, 6.45) is 8.85. The highest BCUT2D eigenvalue weighted by Crippen LogP contribution is 2.69. The Labute approximate surface area is 248 Å². The van der Waals surface area contributed by atoms with Crippen molar-refractivity contribution in [2.45, 2.75) is 142 Å². The van der Waals surface area contributed by atoms with E-state index >= 15 is 0 Å². The van der Waals surface area contributed by atoms with Gasteiger partial charge < -0.3 is 23.4 Å². The van der Waals surface area contributed by atoms with Crippen LogP contribution in [0.5, 0.6) is 0 Å². The summed E-state index contributed by atoms with van der Waals surface area (Å²) in [4.78, 5) is 25.8. The van der Waals surface area contributed by atoms with Gasteiger partial charge in [0.15, 0.2) is 26.3 Å². The minimum Gasteiger partial charge on any atom is -0.464 e. The zero-order valence-corrected chi connectivity index (χ0v) is 28.0. The van der Waals surface area contributed by atoms with Gasteiger partial charge in [0.25, 0.3) is 0 Å². The van der Waals surface area contributed by atoms with Crippen molar-refractivity contribution in [1.82, 2.24) is 0 Å². The van der Waals surface area contributed by atoms with Crippen LogP contribution in [0.3, 0.4) is 0 Å². The SMILES string of the molecule is CCOC(=O)[C@@H]1OC2(CC[C@H]3[C@@H]4CC=C5CC(O[Si](C)(C)C(C)(C)C)CC[C@]5(C)[C@H]4CC[C@@]32C)O[C@H]1C(=O)OCC. The number of rotatable bonds is 6. The molecule has 3 saturated carbocycles. The fraction of sp³-hybridized carbons (Fsp3) is 0.879. The highest BCUT2D eigenvalue weighted by atomic mass is 28.4. The molecule has 0 amide bonds. The molecule has 4 fully saturated rings. The van der Waals surface area contributed by atoms with Crippen molar-refractivity contribution < 1.29 is 33.0 Å². The molecule has 0 radical (unpaired) electrons. The van der Waals surface area contributed by atoms with Gasteiger partial charge in [-0.25, -0.2) is 9.59 Å². The molecule has 0 bridgehead atoms. The van der Waals surface area contributed by atoms with E-state index in [0.29, 0.717) is 30.3 Å². The summed E-state index contributed by atoms with van der Waals surface area (Å²) < 4.78 is 30.6. The standard InChI is InChI=1S/C33H54O7Si/c1-10-36-28(34)26-27(29(35)37-11-2)39-33(38-26)19-16-25-23-13-12-21-20-22(40-41(8,9)30(3,4)5)14-17-31(21,6)24(23)15-18-32(25,33)7/h12,22-27H,10-11,13-20H2,1-9H3/t22?,23-,24+,25+,26-,27-,31+,32+/m1/s1.